The molecule has 1 aromatic carbocycles. The van der Waals surface area contributed by atoms with Crippen LogP contribution in [0.15, 0.2) is 27.8 Å². The standard InChI is InChI=1S/C15H20N4O3.ClH/c1-4-19-14(21)11-6-5-10(7-12(11)17-15(19)22)13(20)18(3)9(2)8-16;/h5-7,9H,4,8,16H2,1-3H3,(H,17,22);1H. The molecule has 8 heteroatoms. The molecule has 0 aliphatic rings. The molecule has 7 nitrogen and oxygen atoms in total. The number of aromatic nitrogens is 2. The van der Waals surface area contributed by atoms with Crippen molar-refractivity contribution in [2.45, 2.75) is 26.4 Å². The number of amides is 1. The van der Waals surface area contributed by atoms with Gasteiger partial charge in [0.2, 0.25) is 0 Å². The summed E-state index contributed by atoms with van der Waals surface area (Å²) in [6.45, 7) is 4.22. The summed E-state index contributed by atoms with van der Waals surface area (Å²) in [5.74, 6) is -0.208. The van der Waals surface area contributed by atoms with Gasteiger partial charge in [-0.1, -0.05) is 0 Å². The van der Waals surface area contributed by atoms with E-state index in [4.69, 9.17) is 5.73 Å². The number of benzene rings is 1. The van der Waals surface area contributed by atoms with Crippen LogP contribution in [0.2, 0.25) is 0 Å². The van der Waals surface area contributed by atoms with Gasteiger partial charge in [-0.2, -0.15) is 0 Å². The van der Waals surface area contributed by atoms with Crippen LogP contribution in [0, 0.1) is 0 Å². The summed E-state index contributed by atoms with van der Waals surface area (Å²) in [5, 5.41) is 0.382. The summed E-state index contributed by atoms with van der Waals surface area (Å²) >= 11 is 0. The molecular formula is C15H21ClN4O3. The third-order valence-electron chi connectivity index (χ3n) is 3.87. The predicted octanol–water partition coefficient (Wildman–Crippen LogP) is 0.551. The molecular weight excluding hydrogens is 320 g/mol. The van der Waals surface area contributed by atoms with Crippen LogP contribution in [0.4, 0.5) is 0 Å². The number of halogens is 1. The molecule has 1 unspecified atom stereocenters. The van der Waals surface area contributed by atoms with Crippen LogP contribution in [-0.2, 0) is 6.54 Å². The lowest BCUT2D eigenvalue weighted by Gasteiger charge is -2.23. The lowest BCUT2D eigenvalue weighted by Crippen LogP contribution is -2.39. The highest BCUT2D eigenvalue weighted by Gasteiger charge is 2.17. The minimum Gasteiger partial charge on any atom is -0.338 e. The first-order valence-corrected chi connectivity index (χ1v) is 7.14. The first kappa shape index (κ1) is 18.9. The zero-order valence-electron chi connectivity index (χ0n) is 13.3. The Labute approximate surface area is 139 Å². The molecule has 1 heterocycles. The number of nitrogens with zero attached hydrogens (tertiary/aromatic N) is 2. The number of likely N-dealkylation sites (N-methyl/N-ethyl adjacent to an activating group) is 1. The van der Waals surface area contributed by atoms with Crippen molar-refractivity contribution in [1.82, 2.24) is 14.5 Å². The van der Waals surface area contributed by atoms with E-state index < -0.39 is 5.69 Å². The maximum atomic E-state index is 12.4. The van der Waals surface area contributed by atoms with Crippen LogP contribution >= 0.6 is 12.4 Å². The number of hydrogen-bond donors (Lipinski definition) is 2. The fourth-order valence-corrected chi connectivity index (χ4v) is 2.24. The molecule has 0 aliphatic carbocycles. The quantitative estimate of drug-likeness (QED) is 0.848. The van der Waals surface area contributed by atoms with Crippen molar-refractivity contribution in [3.63, 3.8) is 0 Å². The van der Waals surface area contributed by atoms with E-state index in [1.807, 2.05) is 6.92 Å². The van der Waals surface area contributed by atoms with Crippen LogP contribution in [-0.4, -0.2) is 40.0 Å². The number of nitrogens with two attached hydrogens (primary N) is 1. The third-order valence-corrected chi connectivity index (χ3v) is 3.87. The molecule has 0 bridgehead atoms. The maximum Gasteiger partial charge on any atom is 0.328 e. The minimum atomic E-state index is -0.478. The second kappa shape index (κ2) is 7.43. The average Bonchev–Trinajstić information content (AvgIpc) is 2.52. The molecule has 0 saturated carbocycles. The van der Waals surface area contributed by atoms with Crippen molar-refractivity contribution in [2.75, 3.05) is 13.6 Å². The number of nitrogens with one attached hydrogen (secondary N) is 1. The zero-order valence-corrected chi connectivity index (χ0v) is 14.1. The van der Waals surface area contributed by atoms with Crippen molar-refractivity contribution in [3.8, 4) is 0 Å². The van der Waals surface area contributed by atoms with Crippen molar-refractivity contribution >= 4 is 29.2 Å². The molecule has 0 spiro atoms. The molecule has 2 rings (SSSR count). The Bertz CT molecular complexity index is 828. The van der Waals surface area contributed by atoms with Gasteiger partial charge in [0.05, 0.1) is 10.9 Å². The Balaban J connectivity index is 0.00000264. The molecule has 1 amide bonds. The number of hydrogen-bond acceptors (Lipinski definition) is 4. The van der Waals surface area contributed by atoms with Crippen molar-refractivity contribution in [3.05, 3.63) is 44.6 Å². The number of rotatable bonds is 4. The Kier molecular flexibility index (Phi) is 6.12. The fourth-order valence-electron chi connectivity index (χ4n) is 2.24. The molecule has 1 atom stereocenters. The van der Waals surface area contributed by atoms with Gasteiger partial charge in [-0.3, -0.25) is 14.2 Å². The van der Waals surface area contributed by atoms with E-state index in [0.717, 1.165) is 4.57 Å². The topological polar surface area (TPSA) is 101 Å². The average molecular weight is 341 g/mol. The summed E-state index contributed by atoms with van der Waals surface area (Å²) in [6.07, 6.45) is 0. The lowest BCUT2D eigenvalue weighted by molar-refractivity contribution is 0.0748. The van der Waals surface area contributed by atoms with Crippen LogP contribution in [0.3, 0.4) is 0 Å². The van der Waals surface area contributed by atoms with Crippen LogP contribution in [0.25, 0.3) is 10.9 Å². The Morgan fingerprint density at radius 3 is 2.61 bits per heavy atom. The summed E-state index contributed by atoms with van der Waals surface area (Å²) in [6, 6.07) is 4.58. The van der Waals surface area contributed by atoms with Crippen LogP contribution in [0.5, 0.6) is 0 Å². The van der Waals surface area contributed by atoms with E-state index in [1.54, 1.807) is 26.1 Å². The van der Waals surface area contributed by atoms with Crippen molar-refractivity contribution in [2.24, 2.45) is 5.73 Å². The first-order chi connectivity index (χ1) is 10.4. The van der Waals surface area contributed by atoms with Gasteiger partial charge in [0, 0.05) is 31.7 Å². The SMILES string of the molecule is CCn1c(=O)[nH]c2cc(C(=O)N(C)C(C)CN)ccc2c1=O.Cl. The van der Waals surface area contributed by atoms with Gasteiger partial charge in [-0.15, -0.1) is 12.4 Å². The first-order valence-electron chi connectivity index (χ1n) is 7.14. The number of carbonyl (C=O) groups is 1. The smallest absolute Gasteiger partial charge is 0.328 e. The highest BCUT2D eigenvalue weighted by molar-refractivity contribution is 5.97. The van der Waals surface area contributed by atoms with E-state index in [-0.39, 0.29) is 29.9 Å². The minimum absolute atomic E-state index is 0. The second-order valence-corrected chi connectivity index (χ2v) is 5.24. The summed E-state index contributed by atoms with van der Waals surface area (Å²) < 4.78 is 1.12. The Morgan fingerprint density at radius 1 is 1.39 bits per heavy atom. The molecule has 0 radical (unpaired) electrons. The van der Waals surface area contributed by atoms with E-state index in [2.05, 4.69) is 4.98 Å². The van der Waals surface area contributed by atoms with Gasteiger partial charge < -0.3 is 15.6 Å². The molecule has 23 heavy (non-hydrogen) atoms. The Morgan fingerprint density at radius 2 is 2.04 bits per heavy atom. The molecule has 2 aromatic rings. The molecule has 3 N–H and O–H groups in total. The molecule has 0 fully saturated rings. The lowest BCUT2D eigenvalue weighted by atomic mass is 10.1. The number of H-pyrrole nitrogens is 1. The molecule has 0 saturated heterocycles. The Hall–Kier alpha value is -2.12. The molecule has 126 valence electrons. The van der Waals surface area contributed by atoms with E-state index in [9.17, 15) is 14.4 Å². The van der Waals surface area contributed by atoms with Gasteiger partial charge in [0.15, 0.2) is 0 Å². The van der Waals surface area contributed by atoms with Crippen LogP contribution < -0.4 is 17.0 Å². The number of fused-ring (bicyclic) bond motifs is 1. The van der Waals surface area contributed by atoms with Gasteiger partial charge >= 0.3 is 5.69 Å². The number of carbonyl (C=O) groups excluding carboxylic acids is 1. The predicted molar refractivity (Wildman–Crippen MR) is 92.4 cm³/mol. The van der Waals surface area contributed by atoms with Gasteiger partial charge in [0.1, 0.15) is 0 Å². The largest absolute Gasteiger partial charge is 0.338 e. The highest BCUT2D eigenvalue weighted by Crippen LogP contribution is 2.12. The zero-order chi connectivity index (χ0) is 16.4. The molecule has 0 aliphatic heterocycles. The van der Waals surface area contributed by atoms with Crippen LogP contribution in [0.1, 0.15) is 24.2 Å². The summed E-state index contributed by atoms with van der Waals surface area (Å²) in [4.78, 5) is 40.6. The van der Waals surface area contributed by atoms with E-state index in [0.29, 0.717) is 29.6 Å². The normalized spacial score (nSPS) is 11.8. The fraction of sp³-hybridized carbons (Fsp3) is 0.400. The van der Waals surface area contributed by atoms with Crippen molar-refractivity contribution in [1.29, 1.82) is 0 Å². The van der Waals surface area contributed by atoms with Gasteiger partial charge in [-0.25, -0.2) is 4.79 Å². The third kappa shape index (κ3) is 3.46. The van der Waals surface area contributed by atoms with Crippen molar-refractivity contribution < 1.29 is 4.79 Å². The maximum absolute atomic E-state index is 12.4. The van der Waals surface area contributed by atoms with Gasteiger partial charge in [-0.05, 0) is 32.0 Å². The van der Waals surface area contributed by atoms with E-state index in [1.165, 1.54) is 11.0 Å². The van der Waals surface area contributed by atoms with E-state index >= 15 is 0 Å². The van der Waals surface area contributed by atoms with Gasteiger partial charge in [0.25, 0.3) is 11.5 Å². The summed E-state index contributed by atoms with van der Waals surface area (Å²) in [5.41, 5.74) is 5.49. The monoisotopic (exact) mass is 340 g/mol. The summed E-state index contributed by atoms with van der Waals surface area (Å²) in [7, 11) is 1.67. The second-order valence-electron chi connectivity index (χ2n) is 5.24. The number of aromatic amines is 1. The molecule has 1 aromatic heterocycles. The highest BCUT2D eigenvalue weighted by atomic mass is 35.5.